The second kappa shape index (κ2) is 2.75. The zero-order chi connectivity index (χ0) is 10.5. The first-order valence-electron chi connectivity index (χ1n) is 5.36. The number of fused-ring (bicyclic) bond motifs is 2. The lowest BCUT2D eigenvalue weighted by molar-refractivity contribution is -0.131. The monoisotopic (exact) mass is 202 g/mol. The molecule has 1 amide bonds. The SMILES string of the molecule is CC12CCC(=O)N1Cc1ccccc1N2. The van der Waals surface area contributed by atoms with Crippen molar-refractivity contribution in [3.05, 3.63) is 29.8 Å². The molecule has 3 heteroatoms. The molecule has 0 saturated carbocycles. The fourth-order valence-corrected chi connectivity index (χ4v) is 2.53. The molecule has 3 nitrogen and oxygen atoms in total. The highest BCUT2D eigenvalue weighted by molar-refractivity contribution is 5.81. The van der Waals surface area contributed by atoms with Crippen LogP contribution in [0.5, 0.6) is 0 Å². The minimum atomic E-state index is -0.161. The average Bonchev–Trinajstić information content (AvgIpc) is 2.52. The highest BCUT2D eigenvalue weighted by Gasteiger charge is 2.44. The van der Waals surface area contributed by atoms with Crippen molar-refractivity contribution in [2.45, 2.75) is 32.0 Å². The molecule has 2 heterocycles. The van der Waals surface area contributed by atoms with Crippen LogP contribution < -0.4 is 5.32 Å². The topological polar surface area (TPSA) is 32.3 Å². The van der Waals surface area contributed by atoms with E-state index < -0.39 is 0 Å². The van der Waals surface area contributed by atoms with E-state index in [0.717, 1.165) is 13.0 Å². The molecule has 1 fully saturated rings. The molecule has 1 atom stereocenters. The molecule has 0 aliphatic carbocycles. The molecule has 0 bridgehead atoms. The second-order valence-electron chi connectivity index (χ2n) is 4.54. The number of rotatable bonds is 0. The van der Waals surface area contributed by atoms with Crippen LogP contribution in [0.15, 0.2) is 24.3 Å². The predicted octanol–water partition coefficient (Wildman–Crippen LogP) is 1.95. The summed E-state index contributed by atoms with van der Waals surface area (Å²) in [5.41, 5.74) is 2.22. The first kappa shape index (κ1) is 8.77. The lowest BCUT2D eigenvalue weighted by atomic mass is 10.0. The van der Waals surface area contributed by atoms with Crippen LogP contribution in [0.1, 0.15) is 25.3 Å². The van der Waals surface area contributed by atoms with Gasteiger partial charge in [-0.3, -0.25) is 4.79 Å². The summed E-state index contributed by atoms with van der Waals surface area (Å²) in [7, 11) is 0. The van der Waals surface area contributed by atoms with Gasteiger partial charge in [0.1, 0.15) is 5.66 Å². The molecule has 0 aromatic heterocycles. The first-order valence-corrected chi connectivity index (χ1v) is 5.36. The van der Waals surface area contributed by atoms with Gasteiger partial charge in [-0.05, 0) is 25.0 Å². The van der Waals surface area contributed by atoms with Gasteiger partial charge in [-0.2, -0.15) is 0 Å². The molecule has 1 aromatic carbocycles. The van der Waals surface area contributed by atoms with E-state index in [2.05, 4.69) is 24.4 Å². The summed E-state index contributed by atoms with van der Waals surface area (Å²) in [6.07, 6.45) is 1.57. The summed E-state index contributed by atoms with van der Waals surface area (Å²) in [6, 6.07) is 8.21. The van der Waals surface area contributed by atoms with Crippen molar-refractivity contribution >= 4 is 11.6 Å². The van der Waals surface area contributed by atoms with Gasteiger partial charge in [0, 0.05) is 18.7 Å². The Bertz CT molecular complexity index is 429. The van der Waals surface area contributed by atoms with Crippen molar-refractivity contribution in [3.8, 4) is 0 Å². The van der Waals surface area contributed by atoms with Gasteiger partial charge >= 0.3 is 0 Å². The lowest BCUT2D eigenvalue weighted by Gasteiger charge is -2.41. The summed E-state index contributed by atoms with van der Waals surface area (Å²) in [6.45, 7) is 2.85. The van der Waals surface area contributed by atoms with Crippen molar-refractivity contribution in [3.63, 3.8) is 0 Å². The standard InChI is InChI=1S/C12H14N2O/c1-12-7-6-11(15)14(12)8-9-4-2-3-5-10(9)13-12/h2-5,13H,6-8H2,1H3. The summed E-state index contributed by atoms with van der Waals surface area (Å²) in [4.78, 5) is 13.7. The molecule has 1 N–H and O–H groups in total. The van der Waals surface area contributed by atoms with Gasteiger partial charge in [0.05, 0.1) is 0 Å². The third-order valence-corrected chi connectivity index (χ3v) is 3.47. The van der Waals surface area contributed by atoms with Crippen molar-refractivity contribution in [1.29, 1.82) is 0 Å². The van der Waals surface area contributed by atoms with Crippen LogP contribution in [0.3, 0.4) is 0 Å². The predicted molar refractivity (Wildman–Crippen MR) is 58.3 cm³/mol. The maximum atomic E-state index is 11.7. The van der Waals surface area contributed by atoms with Gasteiger partial charge in [-0.25, -0.2) is 0 Å². The highest BCUT2D eigenvalue weighted by Crippen LogP contribution is 2.38. The van der Waals surface area contributed by atoms with Crippen molar-refractivity contribution < 1.29 is 4.79 Å². The number of anilines is 1. The second-order valence-corrected chi connectivity index (χ2v) is 4.54. The van der Waals surface area contributed by atoms with Crippen LogP contribution in [-0.4, -0.2) is 16.5 Å². The Kier molecular flexibility index (Phi) is 1.61. The zero-order valence-corrected chi connectivity index (χ0v) is 8.79. The van der Waals surface area contributed by atoms with E-state index in [1.165, 1.54) is 11.3 Å². The molecule has 1 aromatic rings. The third-order valence-electron chi connectivity index (χ3n) is 3.47. The Hall–Kier alpha value is -1.51. The van der Waals surface area contributed by atoms with Crippen molar-refractivity contribution in [2.24, 2.45) is 0 Å². The Morgan fingerprint density at radius 3 is 3.07 bits per heavy atom. The van der Waals surface area contributed by atoms with E-state index in [-0.39, 0.29) is 11.6 Å². The van der Waals surface area contributed by atoms with Crippen LogP contribution in [0.25, 0.3) is 0 Å². The lowest BCUT2D eigenvalue weighted by Crippen LogP contribution is -2.51. The molecule has 2 aliphatic heterocycles. The Balaban J connectivity index is 2.05. The van der Waals surface area contributed by atoms with Gasteiger partial charge in [0.25, 0.3) is 0 Å². The fourth-order valence-electron chi connectivity index (χ4n) is 2.53. The molecule has 1 unspecified atom stereocenters. The number of nitrogens with one attached hydrogen (secondary N) is 1. The number of carbonyl (C=O) groups is 1. The van der Waals surface area contributed by atoms with E-state index in [1.54, 1.807) is 0 Å². The third kappa shape index (κ3) is 1.16. The smallest absolute Gasteiger partial charge is 0.224 e. The van der Waals surface area contributed by atoms with Gasteiger partial charge in [-0.15, -0.1) is 0 Å². The normalized spacial score (nSPS) is 28.3. The van der Waals surface area contributed by atoms with E-state index in [0.29, 0.717) is 6.42 Å². The molecule has 0 radical (unpaired) electrons. The minimum absolute atomic E-state index is 0.161. The quantitative estimate of drug-likeness (QED) is 0.697. The molecular formula is C12H14N2O. The van der Waals surface area contributed by atoms with E-state index in [9.17, 15) is 4.79 Å². The number of nitrogens with zero attached hydrogens (tertiary/aromatic N) is 1. The summed E-state index contributed by atoms with van der Waals surface area (Å²) in [5, 5.41) is 3.47. The highest BCUT2D eigenvalue weighted by atomic mass is 16.2. The average molecular weight is 202 g/mol. The molecule has 0 spiro atoms. The summed E-state index contributed by atoms with van der Waals surface area (Å²) in [5.74, 6) is 0.263. The Labute approximate surface area is 89.1 Å². The van der Waals surface area contributed by atoms with Crippen LogP contribution in [-0.2, 0) is 11.3 Å². The maximum Gasteiger partial charge on any atom is 0.224 e. The number of amides is 1. The molecule has 78 valence electrons. The van der Waals surface area contributed by atoms with E-state index in [1.807, 2.05) is 17.0 Å². The Morgan fingerprint density at radius 2 is 2.20 bits per heavy atom. The first-order chi connectivity index (χ1) is 7.19. The number of para-hydroxylation sites is 1. The van der Waals surface area contributed by atoms with E-state index >= 15 is 0 Å². The molecule has 2 aliphatic rings. The van der Waals surface area contributed by atoms with E-state index in [4.69, 9.17) is 0 Å². The number of carbonyl (C=O) groups excluding carboxylic acids is 1. The number of hydrogen-bond acceptors (Lipinski definition) is 2. The van der Waals surface area contributed by atoms with Crippen LogP contribution in [0.2, 0.25) is 0 Å². The van der Waals surface area contributed by atoms with Crippen LogP contribution >= 0.6 is 0 Å². The van der Waals surface area contributed by atoms with Gasteiger partial charge in [-0.1, -0.05) is 18.2 Å². The molecular weight excluding hydrogens is 188 g/mol. The largest absolute Gasteiger partial charge is 0.363 e. The van der Waals surface area contributed by atoms with Crippen molar-refractivity contribution in [1.82, 2.24) is 4.90 Å². The van der Waals surface area contributed by atoms with Gasteiger partial charge < -0.3 is 10.2 Å². The molecule has 15 heavy (non-hydrogen) atoms. The van der Waals surface area contributed by atoms with Crippen LogP contribution in [0, 0.1) is 0 Å². The van der Waals surface area contributed by atoms with Crippen LogP contribution in [0.4, 0.5) is 5.69 Å². The van der Waals surface area contributed by atoms with Gasteiger partial charge in [0.15, 0.2) is 0 Å². The number of hydrogen-bond donors (Lipinski definition) is 1. The molecule has 3 rings (SSSR count). The van der Waals surface area contributed by atoms with Gasteiger partial charge in [0.2, 0.25) is 5.91 Å². The zero-order valence-electron chi connectivity index (χ0n) is 8.79. The summed E-state index contributed by atoms with van der Waals surface area (Å²) >= 11 is 0. The minimum Gasteiger partial charge on any atom is -0.363 e. The summed E-state index contributed by atoms with van der Waals surface area (Å²) < 4.78 is 0. The maximum absolute atomic E-state index is 11.7. The molecule has 1 saturated heterocycles. The number of benzene rings is 1. The Morgan fingerprint density at radius 1 is 1.40 bits per heavy atom. The fraction of sp³-hybridized carbons (Fsp3) is 0.417. The van der Waals surface area contributed by atoms with Crippen molar-refractivity contribution in [2.75, 3.05) is 5.32 Å².